The van der Waals surface area contributed by atoms with Crippen LogP contribution in [-0.2, 0) is 4.79 Å². The van der Waals surface area contributed by atoms with Gasteiger partial charge in [0.25, 0.3) is 0 Å². The molecule has 104 valence electrons. The Morgan fingerprint density at radius 3 is 2.16 bits per heavy atom. The van der Waals surface area contributed by atoms with Crippen LogP contribution in [0.1, 0.15) is 25.3 Å². The van der Waals surface area contributed by atoms with Crippen molar-refractivity contribution in [1.82, 2.24) is 15.0 Å². The quantitative estimate of drug-likeness (QED) is 0.372. The van der Waals surface area contributed by atoms with Crippen molar-refractivity contribution in [3.05, 3.63) is 11.9 Å². The fourth-order valence-corrected chi connectivity index (χ4v) is 0.577. The maximum Gasteiger partial charge on any atom is 1.00 e. The standard InChI is InChI=1S/C5H7F2N3O.C2HClF2O2.Na/c1-3(11)4-2-10(5(6)7)9-8-4;3-2(4,5)1(6)7;/h2-3,5,11H,1H3;(H,6,7);/q;;+1/p-1. The van der Waals surface area contributed by atoms with Gasteiger partial charge in [-0.25, -0.2) is 0 Å². The van der Waals surface area contributed by atoms with E-state index in [4.69, 9.17) is 15.0 Å². The van der Waals surface area contributed by atoms with Gasteiger partial charge in [0.05, 0.1) is 12.3 Å². The van der Waals surface area contributed by atoms with Crippen molar-refractivity contribution in [2.75, 3.05) is 0 Å². The number of aliphatic hydroxyl groups is 1. The molecule has 0 fully saturated rings. The van der Waals surface area contributed by atoms with Crippen LogP contribution in [-0.4, -0.2) is 31.5 Å². The van der Waals surface area contributed by atoms with Gasteiger partial charge in [-0.1, -0.05) is 5.21 Å². The van der Waals surface area contributed by atoms with Gasteiger partial charge in [-0.15, -0.1) is 5.10 Å². The van der Waals surface area contributed by atoms with Crippen LogP contribution in [0.4, 0.5) is 17.6 Å². The maximum atomic E-state index is 11.8. The molecule has 0 spiro atoms. The van der Waals surface area contributed by atoms with Crippen LogP contribution >= 0.6 is 11.6 Å². The zero-order chi connectivity index (χ0) is 14.5. The van der Waals surface area contributed by atoms with Gasteiger partial charge in [0.15, 0.2) is 0 Å². The molecule has 0 bridgehead atoms. The Morgan fingerprint density at radius 1 is 1.58 bits per heavy atom. The molecule has 0 aromatic carbocycles. The number of aliphatic carboxylic acids is 1. The number of carboxylic acids is 1. The average Bonchev–Trinajstić information content (AvgIpc) is 2.65. The first-order chi connectivity index (χ1) is 8.05. The summed E-state index contributed by atoms with van der Waals surface area (Å²) in [5.74, 6) is -2.57. The molecule has 0 aliphatic rings. The molecule has 1 N–H and O–H groups in total. The molecule has 0 saturated heterocycles. The molecule has 0 amide bonds. The topological polar surface area (TPSA) is 91.1 Å². The van der Waals surface area contributed by atoms with Crippen LogP contribution in [0.25, 0.3) is 0 Å². The zero-order valence-corrected chi connectivity index (χ0v) is 12.5. The number of carbonyl (C=O) groups excluding carboxylic acids is 1. The van der Waals surface area contributed by atoms with E-state index in [2.05, 4.69) is 21.9 Å². The number of carbonyl (C=O) groups is 1. The van der Waals surface area contributed by atoms with E-state index in [1.807, 2.05) is 0 Å². The number of aromatic nitrogens is 3. The van der Waals surface area contributed by atoms with Gasteiger partial charge in [0.1, 0.15) is 11.7 Å². The largest absolute Gasteiger partial charge is 1.00 e. The van der Waals surface area contributed by atoms with Crippen LogP contribution in [0.15, 0.2) is 6.20 Å². The molecule has 1 atom stereocenters. The second-order valence-electron chi connectivity index (χ2n) is 2.86. The number of rotatable bonds is 3. The first kappa shape index (κ1) is 20.9. The van der Waals surface area contributed by atoms with E-state index in [-0.39, 0.29) is 35.3 Å². The molecular formula is C7H7ClF4N3NaO3. The number of nitrogens with zero attached hydrogens (tertiary/aromatic N) is 3. The van der Waals surface area contributed by atoms with Crippen molar-refractivity contribution < 1.29 is 62.1 Å². The van der Waals surface area contributed by atoms with E-state index < -0.39 is 24.0 Å². The van der Waals surface area contributed by atoms with Crippen LogP contribution in [0.2, 0.25) is 0 Å². The molecule has 6 nitrogen and oxygen atoms in total. The Labute approximate surface area is 131 Å². The van der Waals surface area contributed by atoms with Gasteiger partial charge >= 0.3 is 41.5 Å². The van der Waals surface area contributed by atoms with Crippen molar-refractivity contribution in [3.63, 3.8) is 0 Å². The van der Waals surface area contributed by atoms with Crippen molar-refractivity contribution in [2.24, 2.45) is 0 Å². The third-order valence-electron chi connectivity index (χ3n) is 1.39. The Bertz CT molecular complexity index is 377. The van der Waals surface area contributed by atoms with E-state index in [9.17, 15) is 17.6 Å². The molecular weight excluding hydrogens is 309 g/mol. The SMILES string of the molecule is CC(O)c1cn(C(F)F)nn1.O=C([O-])C(F)(F)Cl.[Na+]. The summed E-state index contributed by atoms with van der Waals surface area (Å²) < 4.78 is 45.9. The van der Waals surface area contributed by atoms with Crippen LogP contribution in [0.5, 0.6) is 0 Å². The summed E-state index contributed by atoms with van der Waals surface area (Å²) in [6, 6.07) is 0. The summed E-state index contributed by atoms with van der Waals surface area (Å²) in [4.78, 5) is 9.03. The van der Waals surface area contributed by atoms with Crippen LogP contribution < -0.4 is 34.7 Å². The van der Waals surface area contributed by atoms with E-state index in [0.717, 1.165) is 6.20 Å². The average molecular weight is 316 g/mol. The van der Waals surface area contributed by atoms with Crippen molar-refractivity contribution in [1.29, 1.82) is 0 Å². The smallest absolute Gasteiger partial charge is 0.543 e. The predicted octanol–water partition coefficient (Wildman–Crippen LogP) is -2.70. The van der Waals surface area contributed by atoms with Gasteiger partial charge in [-0.2, -0.15) is 22.2 Å². The zero-order valence-electron chi connectivity index (χ0n) is 9.73. The molecule has 1 heterocycles. The Morgan fingerprint density at radius 2 is 2.00 bits per heavy atom. The van der Waals surface area contributed by atoms with Gasteiger partial charge in [0.2, 0.25) is 0 Å². The van der Waals surface area contributed by atoms with Crippen molar-refractivity contribution in [2.45, 2.75) is 25.0 Å². The number of halogens is 5. The first-order valence-corrected chi connectivity index (χ1v) is 4.59. The molecule has 0 aliphatic heterocycles. The van der Waals surface area contributed by atoms with Gasteiger partial charge in [-0.05, 0) is 18.5 Å². The third kappa shape index (κ3) is 8.37. The molecule has 12 heteroatoms. The van der Waals surface area contributed by atoms with Gasteiger partial charge in [0, 0.05) is 0 Å². The summed E-state index contributed by atoms with van der Waals surface area (Å²) in [5, 5.41) is 20.1. The summed E-state index contributed by atoms with van der Waals surface area (Å²) in [5.41, 5.74) is 0.144. The van der Waals surface area contributed by atoms with Crippen molar-refractivity contribution >= 4 is 17.6 Å². The van der Waals surface area contributed by atoms with Crippen LogP contribution in [0.3, 0.4) is 0 Å². The minimum atomic E-state index is -4.22. The molecule has 0 radical (unpaired) electrons. The Balaban J connectivity index is 0. The monoisotopic (exact) mass is 315 g/mol. The fraction of sp³-hybridized carbons (Fsp3) is 0.571. The van der Waals surface area contributed by atoms with E-state index in [0.29, 0.717) is 4.68 Å². The number of carboxylic acid groups (broad SMARTS) is 1. The second-order valence-corrected chi connectivity index (χ2v) is 3.34. The predicted molar refractivity (Wildman–Crippen MR) is 47.7 cm³/mol. The molecule has 19 heavy (non-hydrogen) atoms. The maximum absolute atomic E-state index is 11.8. The molecule has 1 aromatic rings. The third-order valence-corrected chi connectivity index (χ3v) is 1.54. The van der Waals surface area contributed by atoms with Gasteiger partial charge in [-0.3, -0.25) is 0 Å². The molecule has 1 aromatic heterocycles. The molecule has 0 aliphatic carbocycles. The molecule has 0 saturated carbocycles. The Hall–Kier alpha value is -0.420. The second kappa shape index (κ2) is 8.69. The van der Waals surface area contributed by atoms with Crippen molar-refractivity contribution in [3.8, 4) is 0 Å². The summed E-state index contributed by atoms with van der Waals surface area (Å²) in [6.45, 7) is -1.27. The van der Waals surface area contributed by atoms with Crippen LogP contribution in [0, 0.1) is 0 Å². The summed E-state index contributed by atoms with van der Waals surface area (Å²) in [7, 11) is 0. The number of hydrogen-bond acceptors (Lipinski definition) is 5. The van der Waals surface area contributed by atoms with E-state index in [1.165, 1.54) is 6.92 Å². The summed E-state index contributed by atoms with van der Waals surface area (Å²) >= 11 is 3.87. The fourth-order valence-electron chi connectivity index (χ4n) is 0.577. The number of aliphatic hydroxyl groups excluding tert-OH is 1. The van der Waals surface area contributed by atoms with E-state index in [1.54, 1.807) is 0 Å². The number of hydrogen-bond donors (Lipinski definition) is 1. The minimum absolute atomic E-state index is 0. The normalized spacial score (nSPS) is 12.2. The minimum Gasteiger partial charge on any atom is -0.543 e. The van der Waals surface area contributed by atoms with Gasteiger partial charge < -0.3 is 15.0 Å². The number of alkyl halides is 5. The molecule has 1 rings (SSSR count). The first-order valence-electron chi connectivity index (χ1n) is 4.21. The summed E-state index contributed by atoms with van der Waals surface area (Å²) in [6.07, 6.45) is 0.150. The Kier molecular flexibility index (Phi) is 9.56. The molecule has 1 unspecified atom stereocenters. The van der Waals surface area contributed by atoms with E-state index >= 15 is 0 Å².